The third-order valence-corrected chi connectivity index (χ3v) is 8.70. The summed E-state index contributed by atoms with van der Waals surface area (Å²) in [5.41, 5.74) is 6.28. The van der Waals surface area contributed by atoms with E-state index in [1.807, 2.05) is 6.92 Å². The van der Waals surface area contributed by atoms with Crippen molar-refractivity contribution in [3.05, 3.63) is 11.4 Å². The molecule has 1 fully saturated rings. The van der Waals surface area contributed by atoms with Crippen LogP contribution in [0.25, 0.3) is 0 Å². The maximum atomic E-state index is 12.8. The van der Waals surface area contributed by atoms with Crippen LogP contribution in [0.4, 0.5) is 5.69 Å². The topological polar surface area (TPSA) is 113 Å². The number of hydrogen-bond donors (Lipinski definition) is 1. The van der Waals surface area contributed by atoms with E-state index in [-0.39, 0.29) is 29.2 Å². The number of thiophene rings is 1. The number of nitrogens with two attached hydrogens (primary N) is 1. The number of hydrogen-bond acceptors (Lipinski definition) is 7. The molecule has 23 heavy (non-hydrogen) atoms. The van der Waals surface area contributed by atoms with Crippen LogP contribution >= 0.6 is 11.3 Å². The van der Waals surface area contributed by atoms with Crippen LogP contribution in [0.15, 0.2) is 20.6 Å². The molecule has 3 rings (SSSR count). The fourth-order valence-corrected chi connectivity index (χ4v) is 6.95. The predicted octanol–water partition coefficient (Wildman–Crippen LogP) is 0.369. The van der Waals surface area contributed by atoms with E-state index in [0.717, 1.165) is 21.9 Å². The van der Waals surface area contributed by atoms with Gasteiger partial charge in [0, 0.05) is 13.1 Å². The maximum Gasteiger partial charge on any atom is 0.278 e. The molecule has 2 N–H and O–H groups in total. The summed E-state index contributed by atoms with van der Waals surface area (Å²) in [5, 5.41) is 1.66. The largest absolute Gasteiger partial charge is 0.369 e. The van der Waals surface area contributed by atoms with Gasteiger partial charge < -0.3 is 5.73 Å². The molecule has 0 aliphatic carbocycles. The Morgan fingerprint density at radius 1 is 1.43 bits per heavy atom. The Hall–Kier alpha value is -1.17. The average molecular weight is 379 g/mol. The van der Waals surface area contributed by atoms with Gasteiger partial charge in [0.15, 0.2) is 4.21 Å². The molecule has 0 aromatic carbocycles. The highest BCUT2D eigenvalue weighted by Gasteiger charge is 2.43. The quantitative estimate of drug-likeness (QED) is 0.799. The lowest BCUT2D eigenvalue weighted by atomic mass is 9.95. The third-order valence-electron chi connectivity index (χ3n) is 4.16. The first kappa shape index (κ1) is 16.7. The first-order valence-corrected chi connectivity index (χ1v) is 11.2. The number of sulfonamides is 2. The Morgan fingerprint density at radius 3 is 2.74 bits per heavy atom. The van der Waals surface area contributed by atoms with Crippen LogP contribution in [0, 0.1) is 5.92 Å². The summed E-state index contributed by atoms with van der Waals surface area (Å²) in [6.07, 6.45) is 1.54. The van der Waals surface area contributed by atoms with Crippen molar-refractivity contribution in [3.63, 3.8) is 0 Å². The second-order valence-electron chi connectivity index (χ2n) is 5.82. The van der Waals surface area contributed by atoms with Gasteiger partial charge in [-0.05, 0) is 23.8 Å². The summed E-state index contributed by atoms with van der Waals surface area (Å²) in [5.74, 6) is -0.246. The lowest BCUT2D eigenvalue weighted by molar-refractivity contribution is 0.194. The van der Waals surface area contributed by atoms with Crippen molar-refractivity contribution in [1.29, 1.82) is 0 Å². The van der Waals surface area contributed by atoms with Gasteiger partial charge in [0.1, 0.15) is 0 Å². The van der Waals surface area contributed by atoms with Gasteiger partial charge in [0.25, 0.3) is 10.0 Å². The molecule has 2 aliphatic rings. The molecule has 2 aliphatic heterocycles. The van der Waals surface area contributed by atoms with E-state index in [0.29, 0.717) is 12.1 Å². The normalized spacial score (nSPS) is 28.3. The molecular formula is C12H18N4O4S3. The Morgan fingerprint density at radius 2 is 2.13 bits per heavy atom. The van der Waals surface area contributed by atoms with Crippen LogP contribution in [-0.4, -0.2) is 56.8 Å². The van der Waals surface area contributed by atoms with Gasteiger partial charge in [-0.15, -0.1) is 11.3 Å². The highest BCUT2D eigenvalue weighted by molar-refractivity contribution is 7.92. The van der Waals surface area contributed by atoms with Crippen molar-refractivity contribution < 1.29 is 16.8 Å². The van der Waals surface area contributed by atoms with Crippen molar-refractivity contribution >= 4 is 43.0 Å². The van der Waals surface area contributed by atoms with Gasteiger partial charge >= 0.3 is 0 Å². The second-order valence-corrected chi connectivity index (χ2v) is 10.7. The van der Waals surface area contributed by atoms with E-state index in [4.69, 9.17) is 5.73 Å². The minimum Gasteiger partial charge on any atom is -0.369 e. The van der Waals surface area contributed by atoms with E-state index < -0.39 is 26.1 Å². The van der Waals surface area contributed by atoms with Crippen molar-refractivity contribution in [2.45, 2.75) is 23.6 Å². The third kappa shape index (κ3) is 2.75. The molecule has 8 nitrogen and oxygen atoms in total. The highest BCUT2D eigenvalue weighted by atomic mass is 32.2. The molecule has 0 unspecified atom stereocenters. The molecule has 0 saturated carbocycles. The van der Waals surface area contributed by atoms with Crippen molar-refractivity contribution in [3.8, 4) is 0 Å². The minimum atomic E-state index is -3.75. The summed E-state index contributed by atoms with van der Waals surface area (Å²) in [7, 11) is -7.04. The Labute approximate surface area is 139 Å². The first-order valence-electron chi connectivity index (χ1n) is 7.03. The average Bonchev–Trinajstić information content (AvgIpc) is 2.88. The molecule has 0 radical (unpaired) electrons. The standard InChI is InChI=1S/C12H18N4O4S3/c1-8-7-15(22(2,17)18)5-3-10(8)16-12(13)14-9-4-6-21-11(9)23(16,19)20/h4,6,8,10H,3,5,7H2,1-2H3,(H2,13,14)/t8-,10-/m1/s1. The molecule has 128 valence electrons. The summed E-state index contributed by atoms with van der Waals surface area (Å²) in [6, 6.07) is 1.22. The molecular weight excluding hydrogens is 360 g/mol. The number of aliphatic imine (C=N–C) groups is 1. The van der Waals surface area contributed by atoms with E-state index in [1.165, 1.54) is 4.31 Å². The van der Waals surface area contributed by atoms with Crippen molar-refractivity contribution in [1.82, 2.24) is 8.61 Å². The van der Waals surface area contributed by atoms with Crippen LogP contribution in [0.5, 0.6) is 0 Å². The summed E-state index contributed by atoms with van der Waals surface area (Å²) >= 11 is 1.11. The maximum absolute atomic E-state index is 12.8. The molecule has 1 aromatic rings. The molecule has 0 bridgehead atoms. The molecule has 11 heteroatoms. The Balaban J connectivity index is 1.94. The van der Waals surface area contributed by atoms with E-state index >= 15 is 0 Å². The lowest BCUT2D eigenvalue weighted by Gasteiger charge is -2.42. The number of piperidine rings is 1. The van der Waals surface area contributed by atoms with Gasteiger partial charge in [0.05, 0.1) is 18.0 Å². The molecule has 1 aromatic heterocycles. The van der Waals surface area contributed by atoms with Crippen molar-refractivity contribution in [2.75, 3.05) is 19.3 Å². The van der Waals surface area contributed by atoms with Gasteiger partial charge in [-0.3, -0.25) is 0 Å². The van der Waals surface area contributed by atoms with Crippen LogP contribution in [0.2, 0.25) is 0 Å². The summed E-state index contributed by atoms with van der Waals surface area (Å²) < 4.78 is 51.8. The molecule has 0 spiro atoms. The van der Waals surface area contributed by atoms with Crippen LogP contribution in [0.3, 0.4) is 0 Å². The Kier molecular flexibility index (Phi) is 3.94. The number of rotatable bonds is 2. The van der Waals surface area contributed by atoms with Gasteiger partial charge in [0.2, 0.25) is 16.0 Å². The van der Waals surface area contributed by atoms with Crippen LogP contribution in [-0.2, 0) is 20.0 Å². The molecule has 3 heterocycles. The number of guanidine groups is 1. The lowest BCUT2D eigenvalue weighted by Crippen LogP contribution is -2.57. The first-order chi connectivity index (χ1) is 10.6. The van der Waals surface area contributed by atoms with Crippen molar-refractivity contribution in [2.24, 2.45) is 16.6 Å². The molecule has 0 amide bonds. The summed E-state index contributed by atoms with van der Waals surface area (Å²) in [6.45, 7) is 2.36. The molecule has 1 saturated heterocycles. The molecule has 2 atom stereocenters. The number of nitrogens with zero attached hydrogens (tertiary/aromatic N) is 3. The van der Waals surface area contributed by atoms with E-state index in [9.17, 15) is 16.8 Å². The van der Waals surface area contributed by atoms with Gasteiger partial charge in [-0.25, -0.2) is 22.0 Å². The second kappa shape index (κ2) is 5.43. The van der Waals surface area contributed by atoms with Crippen LogP contribution in [0.1, 0.15) is 13.3 Å². The smallest absolute Gasteiger partial charge is 0.278 e. The van der Waals surface area contributed by atoms with Crippen LogP contribution < -0.4 is 5.73 Å². The SMILES string of the molecule is C[C@@H]1CN(S(C)(=O)=O)CC[C@H]1N1C(N)=Nc2ccsc2S1(=O)=O. The Bertz CT molecular complexity index is 859. The monoisotopic (exact) mass is 378 g/mol. The minimum absolute atomic E-state index is 0.0550. The zero-order chi connectivity index (χ0) is 17.0. The van der Waals surface area contributed by atoms with Gasteiger partial charge in [-0.2, -0.15) is 8.42 Å². The van der Waals surface area contributed by atoms with E-state index in [2.05, 4.69) is 4.99 Å². The summed E-state index contributed by atoms with van der Waals surface area (Å²) in [4.78, 5) is 4.18. The highest BCUT2D eigenvalue weighted by Crippen LogP contribution is 2.39. The fraction of sp³-hybridized carbons (Fsp3) is 0.583. The number of fused-ring (bicyclic) bond motifs is 1. The van der Waals surface area contributed by atoms with Gasteiger partial charge in [-0.1, -0.05) is 6.92 Å². The zero-order valence-corrected chi connectivity index (χ0v) is 15.2. The van der Waals surface area contributed by atoms with E-state index in [1.54, 1.807) is 11.4 Å². The predicted molar refractivity (Wildman–Crippen MR) is 88.6 cm³/mol. The zero-order valence-electron chi connectivity index (χ0n) is 12.7. The fourth-order valence-electron chi connectivity index (χ4n) is 3.04.